The molecule has 3 nitrogen and oxygen atoms in total. The average molecular weight is 188 g/mol. The SMILES string of the molecule is CCOC(=O)[C@H]1N[CH]SC1(C)C. The standard InChI is InChI=1S/C8H14NO2S/c1-4-11-7(10)6-8(2,3)12-5-9-6/h5-6,9H,4H2,1-3H3/t6-/m1/s1. The zero-order valence-electron chi connectivity index (χ0n) is 7.59. The molecule has 0 aromatic heterocycles. The van der Waals surface area contributed by atoms with Crippen LogP contribution < -0.4 is 5.32 Å². The van der Waals surface area contributed by atoms with Crippen molar-refractivity contribution in [2.24, 2.45) is 0 Å². The minimum atomic E-state index is -0.206. The van der Waals surface area contributed by atoms with Crippen LogP contribution in [0.4, 0.5) is 0 Å². The van der Waals surface area contributed by atoms with Crippen LogP contribution in [0.25, 0.3) is 0 Å². The maximum absolute atomic E-state index is 11.3. The van der Waals surface area contributed by atoms with Crippen LogP contribution >= 0.6 is 11.8 Å². The molecule has 0 aliphatic carbocycles. The predicted molar refractivity (Wildman–Crippen MR) is 49.5 cm³/mol. The minimum Gasteiger partial charge on any atom is -0.465 e. The third-order valence-corrected chi connectivity index (χ3v) is 2.91. The summed E-state index contributed by atoms with van der Waals surface area (Å²) in [5.74, 6) is 1.69. The van der Waals surface area contributed by atoms with Gasteiger partial charge in [0.15, 0.2) is 0 Å². The lowest BCUT2D eigenvalue weighted by Gasteiger charge is -2.22. The van der Waals surface area contributed by atoms with Crippen molar-refractivity contribution in [1.29, 1.82) is 0 Å². The van der Waals surface area contributed by atoms with Crippen LogP contribution in [0.15, 0.2) is 0 Å². The van der Waals surface area contributed by atoms with Crippen LogP contribution in [0, 0.1) is 5.88 Å². The third-order valence-electron chi connectivity index (χ3n) is 1.81. The molecule has 1 aliphatic heterocycles. The lowest BCUT2D eigenvalue weighted by molar-refractivity contribution is -0.145. The highest BCUT2D eigenvalue weighted by molar-refractivity contribution is 8.02. The van der Waals surface area contributed by atoms with Gasteiger partial charge in [0.05, 0.1) is 12.5 Å². The molecule has 1 aliphatic rings. The lowest BCUT2D eigenvalue weighted by Crippen LogP contribution is -2.44. The summed E-state index contributed by atoms with van der Waals surface area (Å²) in [5.41, 5.74) is 0. The molecule has 1 atom stereocenters. The first-order chi connectivity index (χ1) is 5.58. The first-order valence-electron chi connectivity index (χ1n) is 4.00. The zero-order valence-corrected chi connectivity index (χ0v) is 8.40. The Morgan fingerprint density at radius 2 is 2.42 bits per heavy atom. The van der Waals surface area contributed by atoms with Gasteiger partial charge in [-0.2, -0.15) is 0 Å². The van der Waals surface area contributed by atoms with Crippen LogP contribution in [0.5, 0.6) is 0 Å². The number of thioether (sulfide) groups is 1. The van der Waals surface area contributed by atoms with Gasteiger partial charge in [-0.15, -0.1) is 11.8 Å². The normalized spacial score (nSPS) is 27.1. The summed E-state index contributed by atoms with van der Waals surface area (Å²) >= 11 is 1.62. The van der Waals surface area contributed by atoms with Gasteiger partial charge in [-0.1, -0.05) is 0 Å². The fourth-order valence-electron chi connectivity index (χ4n) is 1.10. The van der Waals surface area contributed by atoms with Crippen molar-refractivity contribution in [3.8, 4) is 0 Å². The van der Waals surface area contributed by atoms with Gasteiger partial charge < -0.3 is 4.74 Å². The number of nitrogens with one attached hydrogen (secondary N) is 1. The topological polar surface area (TPSA) is 38.3 Å². The van der Waals surface area contributed by atoms with E-state index in [9.17, 15) is 4.79 Å². The Morgan fingerprint density at radius 3 is 2.83 bits per heavy atom. The maximum Gasteiger partial charge on any atom is 0.324 e. The second kappa shape index (κ2) is 3.66. The van der Waals surface area contributed by atoms with Crippen molar-refractivity contribution >= 4 is 17.7 Å². The van der Waals surface area contributed by atoms with Gasteiger partial charge in [-0.05, 0) is 20.8 Å². The molecule has 0 aromatic carbocycles. The largest absolute Gasteiger partial charge is 0.465 e. The number of esters is 1. The van der Waals surface area contributed by atoms with E-state index < -0.39 is 0 Å². The van der Waals surface area contributed by atoms with Gasteiger partial charge in [0, 0.05) is 4.75 Å². The lowest BCUT2D eigenvalue weighted by atomic mass is 10.0. The zero-order chi connectivity index (χ0) is 9.19. The van der Waals surface area contributed by atoms with Crippen molar-refractivity contribution in [3.05, 3.63) is 5.88 Å². The van der Waals surface area contributed by atoms with Gasteiger partial charge >= 0.3 is 5.97 Å². The molecule has 0 unspecified atom stereocenters. The van der Waals surface area contributed by atoms with Crippen molar-refractivity contribution in [2.45, 2.75) is 31.6 Å². The Labute approximate surface area is 77.2 Å². The van der Waals surface area contributed by atoms with E-state index in [1.807, 2.05) is 26.6 Å². The van der Waals surface area contributed by atoms with E-state index in [1.165, 1.54) is 0 Å². The Balaban J connectivity index is 2.56. The highest BCUT2D eigenvalue weighted by Gasteiger charge is 2.41. The fraction of sp³-hybridized carbons (Fsp3) is 0.750. The molecular formula is C8H14NO2S. The molecule has 1 heterocycles. The van der Waals surface area contributed by atoms with E-state index in [2.05, 4.69) is 5.32 Å². The first-order valence-corrected chi connectivity index (χ1v) is 4.88. The number of carbonyl (C=O) groups excluding carboxylic acids is 1. The van der Waals surface area contributed by atoms with Gasteiger partial charge in [0.1, 0.15) is 6.04 Å². The molecule has 1 radical (unpaired) electrons. The molecule has 4 heteroatoms. The fourth-order valence-corrected chi connectivity index (χ4v) is 1.91. The van der Waals surface area contributed by atoms with Crippen LogP contribution in [-0.2, 0) is 9.53 Å². The molecule has 1 saturated heterocycles. The van der Waals surface area contributed by atoms with Gasteiger partial charge in [-0.3, -0.25) is 10.1 Å². The van der Waals surface area contributed by atoms with Crippen molar-refractivity contribution in [3.63, 3.8) is 0 Å². The summed E-state index contributed by atoms with van der Waals surface area (Å²) in [6.07, 6.45) is 0. The number of rotatable bonds is 2. The van der Waals surface area contributed by atoms with Gasteiger partial charge in [-0.25, -0.2) is 0 Å². The summed E-state index contributed by atoms with van der Waals surface area (Å²) in [6, 6.07) is -0.206. The second-order valence-corrected chi connectivity index (χ2v) is 4.71. The monoisotopic (exact) mass is 188 g/mol. The molecule has 1 fully saturated rings. The van der Waals surface area contributed by atoms with E-state index in [1.54, 1.807) is 11.8 Å². The molecule has 69 valence electrons. The molecule has 0 bridgehead atoms. The van der Waals surface area contributed by atoms with Crippen molar-refractivity contribution in [1.82, 2.24) is 5.32 Å². The Kier molecular flexibility index (Phi) is 3.01. The number of ether oxygens (including phenoxy) is 1. The Hall–Kier alpha value is -0.220. The van der Waals surface area contributed by atoms with Gasteiger partial charge in [0.25, 0.3) is 0 Å². The van der Waals surface area contributed by atoms with Gasteiger partial charge in [0.2, 0.25) is 0 Å². The van der Waals surface area contributed by atoms with Crippen LogP contribution in [0.2, 0.25) is 0 Å². The number of hydrogen-bond donors (Lipinski definition) is 1. The molecule has 0 aromatic rings. The third kappa shape index (κ3) is 1.93. The molecule has 1 N–H and O–H groups in total. The summed E-state index contributed by atoms with van der Waals surface area (Å²) in [5, 5.41) is 2.99. The summed E-state index contributed by atoms with van der Waals surface area (Å²) in [7, 11) is 0. The molecular weight excluding hydrogens is 174 g/mol. The second-order valence-electron chi connectivity index (χ2n) is 3.19. The summed E-state index contributed by atoms with van der Waals surface area (Å²) in [6.45, 7) is 6.31. The van der Waals surface area contributed by atoms with E-state index in [-0.39, 0.29) is 16.8 Å². The summed E-state index contributed by atoms with van der Waals surface area (Å²) < 4.78 is 4.84. The predicted octanol–water partition coefficient (Wildman–Crippen LogP) is 1.15. The quantitative estimate of drug-likeness (QED) is 0.660. The Bertz CT molecular complexity index is 182. The maximum atomic E-state index is 11.3. The average Bonchev–Trinajstić information content (AvgIpc) is 2.30. The molecule has 1 rings (SSSR count). The van der Waals surface area contributed by atoms with Crippen LogP contribution in [0.3, 0.4) is 0 Å². The van der Waals surface area contributed by atoms with E-state index >= 15 is 0 Å². The molecule has 12 heavy (non-hydrogen) atoms. The Morgan fingerprint density at radius 1 is 1.75 bits per heavy atom. The molecule has 0 saturated carbocycles. The van der Waals surface area contributed by atoms with Crippen LogP contribution in [0.1, 0.15) is 20.8 Å². The number of hydrogen-bond acceptors (Lipinski definition) is 4. The van der Waals surface area contributed by atoms with E-state index in [0.717, 1.165) is 0 Å². The molecule has 0 amide bonds. The van der Waals surface area contributed by atoms with E-state index in [0.29, 0.717) is 6.61 Å². The highest BCUT2D eigenvalue weighted by atomic mass is 32.2. The van der Waals surface area contributed by atoms with Crippen LogP contribution in [-0.4, -0.2) is 23.4 Å². The molecule has 0 spiro atoms. The highest BCUT2D eigenvalue weighted by Crippen LogP contribution is 2.35. The van der Waals surface area contributed by atoms with Crippen molar-refractivity contribution in [2.75, 3.05) is 6.61 Å². The van der Waals surface area contributed by atoms with E-state index in [4.69, 9.17) is 4.74 Å². The minimum absolute atomic E-state index is 0.0910. The first kappa shape index (κ1) is 9.86. The smallest absolute Gasteiger partial charge is 0.324 e. The summed E-state index contributed by atoms with van der Waals surface area (Å²) in [4.78, 5) is 11.3. The number of carbonyl (C=O) groups is 1. The van der Waals surface area contributed by atoms with Crippen molar-refractivity contribution < 1.29 is 9.53 Å².